The fourth-order valence-corrected chi connectivity index (χ4v) is 7.75. The van der Waals surface area contributed by atoms with E-state index >= 15 is 0 Å². The highest BCUT2D eigenvalue weighted by molar-refractivity contribution is 5.96. The highest BCUT2D eigenvalue weighted by Crippen LogP contribution is 2.66. The van der Waals surface area contributed by atoms with Gasteiger partial charge >= 0.3 is 0 Å². The van der Waals surface area contributed by atoms with Crippen LogP contribution in [0.2, 0.25) is 0 Å². The Morgan fingerprint density at radius 2 is 2.03 bits per heavy atom. The Bertz CT molecular complexity index is 874. The lowest BCUT2D eigenvalue weighted by Gasteiger charge is -2.58. The van der Waals surface area contributed by atoms with Crippen molar-refractivity contribution in [1.29, 1.82) is 0 Å². The van der Waals surface area contributed by atoms with Crippen molar-refractivity contribution >= 4 is 5.71 Å². The van der Waals surface area contributed by atoms with E-state index in [9.17, 15) is 0 Å². The minimum atomic E-state index is 0.369. The molecule has 0 aliphatic heterocycles. The lowest BCUT2D eigenvalue weighted by atomic mass is 9.47. The lowest BCUT2D eigenvalue weighted by Crippen LogP contribution is -2.50. The van der Waals surface area contributed by atoms with Crippen LogP contribution in [0.4, 0.5) is 0 Å². The van der Waals surface area contributed by atoms with Gasteiger partial charge in [0.15, 0.2) is 5.76 Å². The molecule has 170 valence electrons. The SMILES string of the molecule is C[C@H]1CCC2C3CCC4=CC(=NOCCc5cc(CN)on5)CC[C@]4(C)C3CC[C@@]21C. The molecular weight excluding hydrogens is 386 g/mol. The van der Waals surface area contributed by atoms with Crippen molar-refractivity contribution in [2.75, 3.05) is 6.61 Å². The Labute approximate surface area is 186 Å². The predicted octanol–water partition coefficient (Wildman–Crippen LogP) is 5.65. The molecule has 3 unspecified atom stereocenters. The molecule has 5 heteroatoms. The normalized spacial score (nSPS) is 40.8. The van der Waals surface area contributed by atoms with Gasteiger partial charge in [-0.2, -0.15) is 0 Å². The molecule has 1 aromatic rings. The second-order valence-electron chi connectivity index (χ2n) is 11.2. The van der Waals surface area contributed by atoms with Gasteiger partial charge in [0.05, 0.1) is 18.0 Å². The summed E-state index contributed by atoms with van der Waals surface area (Å²) in [6.07, 6.45) is 13.7. The first-order chi connectivity index (χ1) is 14.9. The van der Waals surface area contributed by atoms with Crippen LogP contribution in [0.3, 0.4) is 0 Å². The number of allylic oxidation sites excluding steroid dienone is 2. The van der Waals surface area contributed by atoms with Crippen LogP contribution in [-0.4, -0.2) is 17.5 Å². The molecular formula is C26H39N3O2. The highest BCUT2D eigenvalue weighted by atomic mass is 16.6. The molecule has 4 aliphatic rings. The van der Waals surface area contributed by atoms with Crippen LogP contribution in [-0.2, 0) is 17.8 Å². The van der Waals surface area contributed by atoms with Crippen molar-refractivity contribution in [3.8, 4) is 0 Å². The summed E-state index contributed by atoms with van der Waals surface area (Å²) in [5.74, 6) is 4.37. The van der Waals surface area contributed by atoms with Crippen LogP contribution >= 0.6 is 0 Å². The summed E-state index contributed by atoms with van der Waals surface area (Å²) < 4.78 is 5.14. The third kappa shape index (κ3) is 3.57. The molecule has 4 aliphatic carbocycles. The van der Waals surface area contributed by atoms with E-state index in [0.717, 1.165) is 41.5 Å². The average Bonchev–Trinajstić information content (AvgIpc) is 3.35. The summed E-state index contributed by atoms with van der Waals surface area (Å²) in [4.78, 5) is 5.65. The molecule has 5 nitrogen and oxygen atoms in total. The van der Waals surface area contributed by atoms with E-state index in [2.05, 4.69) is 37.2 Å². The van der Waals surface area contributed by atoms with Gasteiger partial charge < -0.3 is 15.1 Å². The van der Waals surface area contributed by atoms with Crippen LogP contribution in [0.25, 0.3) is 0 Å². The van der Waals surface area contributed by atoms with Gasteiger partial charge in [0, 0.05) is 12.5 Å². The van der Waals surface area contributed by atoms with E-state index in [4.69, 9.17) is 15.1 Å². The Morgan fingerprint density at radius 3 is 2.84 bits per heavy atom. The highest BCUT2D eigenvalue weighted by Gasteiger charge is 2.57. The molecule has 3 saturated carbocycles. The maximum Gasteiger partial charge on any atom is 0.150 e. The van der Waals surface area contributed by atoms with Crippen molar-refractivity contribution in [3.05, 3.63) is 29.2 Å². The number of hydrogen-bond donors (Lipinski definition) is 1. The van der Waals surface area contributed by atoms with Crippen molar-refractivity contribution in [3.63, 3.8) is 0 Å². The van der Waals surface area contributed by atoms with E-state index in [1.165, 1.54) is 44.9 Å². The number of rotatable bonds is 5. The van der Waals surface area contributed by atoms with Gasteiger partial charge in [0.2, 0.25) is 0 Å². The molecule has 0 saturated heterocycles. The van der Waals surface area contributed by atoms with Gasteiger partial charge in [0.1, 0.15) is 6.61 Å². The summed E-state index contributed by atoms with van der Waals surface area (Å²) in [6, 6.07) is 1.89. The number of hydrogen-bond acceptors (Lipinski definition) is 5. The van der Waals surface area contributed by atoms with Gasteiger partial charge in [-0.05, 0) is 91.9 Å². The molecule has 0 spiro atoms. The third-order valence-electron chi connectivity index (χ3n) is 9.89. The molecule has 6 atom stereocenters. The van der Waals surface area contributed by atoms with Gasteiger partial charge in [-0.3, -0.25) is 0 Å². The van der Waals surface area contributed by atoms with Crippen LogP contribution in [0, 0.1) is 34.5 Å². The Hall–Kier alpha value is -1.62. The molecule has 5 rings (SSSR count). The third-order valence-corrected chi connectivity index (χ3v) is 9.89. The topological polar surface area (TPSA) is 73.6 Å². The molecule has 0 radical (unpaired) electrons. The van der Waals surface area contributed by atoms with Gasteiger partial charge in [-0.15, -0.1) is 0 Å². The average molecular weight is 426 g/mol. The van der Waals surface area contributed by atoms with E-state index in [1.807, 2.05) is 6.07 Å². The number of nitrogens with zero attached hydrogens (tertiary/aromatic N) is 2. The van der Waals surface area contributed by atoms with E-state index in [-0.39, 0.29) is 0 Å². The molecule has 1 heterocycles. The molecule has 0 aromatic carbocycles. The smallest absolute Gasteiger partial charge is 0.150 e. The van der Waals surface area contributed by atoms with Gasteiger partial charge in [-0.1, -0.05) is 36.7 Å². The molecule has 1 aromatic heterocycles. The van der Waals surface area contributed by atoms with E-state index < -0.39 is 0 Å². The van der Waals surface area contributed by atoms with Crippen molar-refractivity contribution in [1.82, 2.24) is 5.16 Å². The summed E-state index contributed by atoms with van der Waals surface area (Å²) in [6.45, 7) is 8.58. The summed E-state index contributed by atoms with van der Waals surface area (Å²) >= 11 is 0. The quantitative estimate of drug-likeness (QED) is 0.489. The standard InChI is InChI=1S/C26H39N3O2/c1-17-4-7-23-22-6-5-18-14-19(28-30-13-10-20-15-21(16-27)31-29-20)8-11-26(18,3)24(22)9-12-25(17,23)2/h14-15,17,22-24H,4-13,16,27H2,1-3H3/t17-,22?,23?,24?,25+,26-/m0/s1. The van der Waals surface area contributed by atoms with Crippen molar-refractivity contribution < 1.29 is 9.36 Å². The second kappa shape index (κ2) is 8.06. The first kappa shape index (κ1) is 21.2. The summed E-state index contributed by atoms with van der Waals surface area (Å²) in [7, 11) is 0. The van der Waals surface area contributed by atoms with Crippen LogP contribution < -0.4 is 5.73 Å². The van der Waals surface area contributed by atoms with Crippen molar-refractivity contribution in [2.24, 2.45) is 45.4 Å². The summed E-state index contributed by atoms with van der Waals surface area (Å²) in [5.41, 5.74) is 10.2. The van der Waals surface area contributed by atoms with Gasteiger partial charge in [-0.25, -0.2) is 0 Å². The number of aromatic nitrogens is 1. The van der Waals surface area contributed by atoms with Crippen molar-refractivity contribution in [2.45, 2.75) is 85.1 Å². The van der Waals surface area contributed by atoms with Crippen LogP contribution in [0.5, 0.6) is 0 Å². The Kier molecular flexibility index (Phi) is 5.52. The van der Waals surface area contributed by atoms with E-state index in [0.29, 0.717) is 36.2 Å². The van der Waals surface area contributed by atoms with E-state index in [1.54, 1.807) is 5.57 Å². The molecule has 2 N–H and O–H groups in total. The van der Waals surface area contributed by atoms with Crippen LogP contribution in [0.1, 0.15) is 83.6 Å². The first-order valence-corrected chi connectivity index (χ1v) is 12.5. The fraction of sp³-hybridized carbons (Fsp3) is 0.769. The zero-order valence-electron chi connectivity index (χ0n) is 19.5. The van der Waals surface area contributed by atoms with Gasteiger partial charge in [0.25, 0.3) is 0 Å². The fourth-order valence-electron chi connectivity index (χ4n) is 7.75. The predicted molar refractivity (Wildman–Crippen MR) is 122 cm³/mol. The number of nitrogens with two attached hydrogens (primary N) is 1. The molecule has 3 fully saturated rings. The minimum absolute atomic E-state index is 0.369. The Balaban J connectivity index is 1.24. The minimum Gasteiger partial charge on any atom is -0.395 e. The number of fused-ring (bicyclic) bond motifs is 5. The number of oxime groups is 1. The lowest BCUT2D eigenvalue weighted by molar-refractivity contribution is -0.0465. The van der Waals surface area contributed by atoms with Crippen LogP contribution in [0.15, 0.2) is 27.4 Å². The largest absolute Gasteiger partial charge is 0.395 e. The molecule has 0 amide bonds. The maximum absolute atomic E-state index is 5.65. The molecule has 0 bridgehead atoms. The zero-order valence-corrected chi connectivity index (χ0v) is 19.5. The monoisotopic (exact) mass is 425 g/mol. The Morgan fingerprint density at radius 1 is 1.16 bits per heavy atom. The summed E-state index contributed by atoms with van der Waals surface area (Å²) in [5, 5.41) is 8.49. The second-order valence-corrected chi connectivity index (χ2v) is 11.2. The zero-order chi connectivity index (χ0) is 21.6. The maximum atomic E-state index is 5.65. The molecule has 31 heavy (non-hydrogen) atoms. The first-order valence-electron chi connectivity index (χ1n) is 12.5.